The maximum absolute atomic E-state index is 14.0. The lowest BCUT2D eigenvalue weighted by Crippen LogP contribution is -2.14. The number of nitro benzene ring substituents is 1. The van der Waals surface area contributed by atoms with Crippen molar-refractivity contribution in [3.8, 4) is 11.8 Å². The molecule has 4 rings (SSSR count). The van der Waals surface area contributed by atoms with Gasteiger partial charge in [0, 0.05) is 17.7 Å². The van der Waals surface area contributed by atoms with E-state index >= 15 is 0 Å². The molecule has 0 radical (unpaired) electrons. The van der Waals surface area contributed by atoms with Crippen LogP contribution in [0.5, 0.6) is 5.75 Å². The zero-order chi connectivity index (χ0) is 24.8. The van der Waals surface area contributed by atoms with E-state index in [1.54, 1.807) is 24.3 Å². The van der Waals surface area contributed by atoms with Gasteiger partial charge in [-0.2, -0.15) is 5.26 Å². The third kappa shape index (κ3) is 5.31. The van der Waals surface area contributed by atoms with Crippen LogP contribution < -0.4 is 10.1 Å². The number of non-ortho nitro benzene ring substituents is 1. The molecule has 172 valence electrons. The summed E-state index contributed by atoms with van der Waals surface area (Å²) in [6.07, 6.45) is 1.41. The van der Waals surface area contributed by atoms with Crippen LogP contribution in [0.1, 0.15) is 11.1 Å². The first-order valence-electron chi connectivity index (χ1n) is 10.5. The summed E-state index contributed by atoms with van der Waals surface area (Å²) >= 11 is 0. The SMILES string of the molecule is N#C/C(=C\c1c(OCc2ccc([N+](=O)[O-])cc2)ccc2ccccc12)C(=O)Nc1ccccc1F. The predicted molar refractivity (Wildman–Crippen MR) is 130 cm³/mol. The summed E-state index contributed by atoms with van der Waals surface area (Å²) in [6.45, 7) is 0.112. The van der Waals surface area contributed by atoms with Crippen LogP contribution in [-0.4, -0.2) is 10.8 Å². The highest BCUT2D eigenvalue weighted by molar-refractivity contribution is 6.11. The van der Waals surface area contributed by atoms with Gasteiger partial charge in [-0.25, -0.2) is 4.39 Å². The van der Waals surface area contributed by atoms with Gasteiger partial charge in [0.15, 0.2) is 0 Å². The highest BCUT2D eigenvalue weighted by atomic mass is 19.1. The second-order valence-corrected chi connectivity index (χ2v) is 7.51. The zero-order valence-corrected chi connectivity index (χ0v) is 18.3. The Kier molecular flexibility index (Phi) is 6.79. The van der Waals surface area contributed by atoms with Crippen molar-refractivity contribution < 1.29 is 18.8 Å². The number of benzene rings is 4. The normalized spacial score (nSPS) is 11.0. The molecule has 0 saturated carbocycles. The van der Waals surface area contributed by atoms with E-state index in [0.29, 0.717) is 16.9 Å². The number of nitriles is 1. The van der Waals surface area contributed by atoms with E-state index in [1.165, 1.54) is 36.4 Å². The summed E-state index contributed by atoms with van der Waals surface area (Å²) in [5.74, 6) is -0.962. The maximum atomic E-state index is 14.0. The lowest BCUT2D eigenvalue weighted by atomic mass is 10.0. The van der Waals surface area contributed by atoms with Crippen LogP contribution in [0.4, 0.5) is 15.8 Å². The van der Waals surface area contributed by atoms with Crippen molar-refractivity contribution in [3.63, 3.8) is 0 Å². The fourth-order valence-electron chi connectivity index (χ4n) is 3.47. The van der Waals surface area contributed by atoms with Crippen molar-refractivity contribution in [2.45, 2.75) is 6.61 Å². The lowest BCUT2D eigenvalue weighted by Gasteiger charge is -2.13. The summed E-state index contributed by atoms with van der Waals surface area (Å²) in [7, 11) is 0. The third-order valence-electron chi connectivity index (χ3n) is 5.25. The van der Waals surface area contributed by atoms with Crippen LogP contribution in [-0.2, 0) is 11.4 Å². The van der Waals surface area contributed by atoms with Crippen LogP contribution in [0.2, 0.25) is 0 Å². The van der Waals surface area contributed by atoms with Gasteiger partial charge in [-0.3, -0.25) is 14.9 Å². The van der Waals surface area contributed by atoms with Gasteiger partial charge >= 0.3 is 0 Å². The highest BCUT2D eigenvalue weighted by Gasteiger charge is 2.15. The molecule has 4 aromatic carbocycles. The van der Waals surface area contributed by atoms with Crippen molar-refractivity contribution in [1.29, 1.82) is 5.26 Å². The number of hydrogen-bond acceptors (Lipinski definition) is 5. The number of amides is 1. The van der Waals surface area contributed by atoms with E-state index in [0.717, 1.165) is 10.8 Å². The largest absolute Gasteiger partial charge is 0.488 e. The van der Waals surface area contributed by atoms with Gasteiger partial charge < -0.3 is 10.1 Å². The Morgan fingerprint density at radius 2 is 1.74 bits per heavy atom. The van der Waals surface area contributed by atoms with Gasteiger partial charge in [-0.1, -0.05) is 42.5 Å². The van der Waals surface area contributed by atoms with Crippen molar-refractivity contribution >= 4 is 34.1 Å². The molecule has 0 fully saturated rings. The molecule has 1 N–H and O–H groups in total. The molecule has 1 amide bonds. The summed E-state index contributed by atoms with van der Waals surface area (Å²) in [6, 6.07) is 24.5. The number of para-hydroxylation sites is 1. The molecule has 8 heteroatoms. The lowest BCUT2D eigenvalue weighted by molar-refractivity contribution is -0.384. The number of anilines is 1. The van der Waals surface area contributed by atoms with E-state index in [4.69, 9.17) is 4.74 Å². The Hall–Kier alpha value is -5.03. The number of nitrogens with zero attached hydrogens (tertiary/aromatic N) is 2. The van der Waals surface area contributed by atoms with Gasteiger partial charge in [0.05, 0.1) is 10.6 Å². The molecule has 7 nitrogen and oxygen atoms in total. The number of carbonyl (C=O) groups excluding carboxylic acids is 1. The van der Waals surface area contributed by atoms with E-state index in [2.05, 4.69) is 5.32 Å². The van der Waals surface area contributed by atoms with Gasteiger partial charge in [-0.05, 0) is 52.7 Å². The molecule has 35 heavy (non-hydrogen) atoms. The average molecular weight is 467 g/mol. The first-order chi connectivity index (χ1) is 17.0. The summed E-state index contributed by atoms with van der Waals surface area (Å²) in [5, 5.41) is 24.6. The second kappa shape index (κ2) is 10.3. The Bertz CT molecular complexity index is 1490. The predicted octanol–water partition coefficient (Wildman–Crippen LogP) is 6.01. The first kappa shape index (κ1) is 23.1. The number of halogens is 1. The van der Waals surface area contributed by atoms with Crippen LogP contribution in [0.3, 0.4) is 0 Å². The molecular weight excluding hydrogens is 449 g/mol. The summed E-state index contributed by atoms with van der Waals surface area (Å²) < 4.78 is 20.0. The monoisotopic (exact) mass is 467 g/mol. The number of rotatable bonds is 7. The molecule has 0 saturated heterocycles. The average Bonchev–Trinajstić information content (AvgIpc) is 2.87. The van der Waals surface area contributed by atoms with E-state index in [1.807, 2.05) is 36.4 Å². The molecule has 0 aliphatic heterocycles. The minimum absolute atomic E-state index is 0.0254. The topological polar surface area (TPSA) is 105 Å². The van der Waals surface area contributed by atoms with Crippen molar-refractivity contribution in [1.82, 2.24) is 0 Å². The number of hydrogen-bond donors (Lipinski definition) is 1. The van der Waals surface area contributed by atoms with Crippen molar-refractivity contribution in [2.75, 3.05) is 5.32 Å². The van der Waals surface area contributed by atoms with Crippen LogP contribution in [0.25, 0.3) is 16.8 Å². The maximum Gasteiger partial charge on any atom is 0.269 e. The fourth-order valence-corrected chi connectivity index (χ4v) is 3.47. The second-order valence-electron chi connectivity index (χ2n) is 7.51. The summed E-state index contributed by atoms with van der Waals surface area (Å²) in [4.78, 5) is 23.1. The standard InChI is InChI=1S/C27H18FN3O4/c28-24-7-3-4-8-25(24)30-27(32)20(16-29)15-23-22-6-2-1-5-19(22)11-14-26(23)35-17-18-9-12-21(13-10-18)31(33)34/h1-15H,17H2,(H,30,32)/b20-15+. The van der Waals surface area contributed by atoms with Gasteiger partial charge in [0.25, 0.3) is 11.6 Å². The van der Waals surface area contributed by atoms with Gasteiger partial charge in [0.1, 0.15) is 29.8 Å². The van der Waals surface area contributed by atoms with Crippen molar-refractivity contribution in [2.24, 2.45) is 0 Å². The van der Waals surface area contributed by atoms with E-state index < -0.39 is 16.6 Å². The molecule has 0 atom stereocenters. The molecule has 0 aromatic heterocycles. The van der Waals surface area contributed by atoms with Crippen LogP contribution >= 0.6 is 0 Å². The van der Waals surface area contributed by atoms with Crippen LogP contribution in [0.15, 0.2) is 90.5 Å². The molecule has 0 aliphatic carbocycles. The number of ether oxygens (including phenoxy) is 1. The third-order valence-corrected chi connectivity index (χ3v) is 5.25. The first-order valence-corrected chi connectivity index (χ1v) is 10.5. The Balaban J connectivity index is 1.68. The molecule has 0 spiro atoms. The molecule has 4 aromatic rings. The smallest absolute Gasteiger partial charge is 0.269 e. The van der Waals surface area contributed by atoms with Gasteiger partial charge in [-0.15, -0.1) is 0 Å². The fraction of sp³-hybridized carbons (Fsp3) is 0.0370. The van der Waals surface area contributed by atoms with E-state index in [-0.39, 0.29) is 23.6 Å². The molecule has 0 unspecified atom stereocenters. The summed E-state index contributed by atoms with van der Waals surface area (Å²) in [5.41, 5.74) is 0.917. The zero-order valence-electron chi connectivity index (χ0n) is 18.3. The van der Waals surface area contributed by atoms with Crippen LogP contribution in [0, 0.1) is 27.3 Å². The number of nitro groups is 1. The van der Waals surface area contributed by atoms with E-state index in [9.17, 15) is 24.6 Å². The van der Waals surface area contributed by atoms with Crippen molar-refractivity contribution in [3.05, 3.63) is 118 Å². The molecule has 0 bridgehead atoms. The molecular formula is C27H18FN3O4. The number of fused-ring (bicyclic) bond motifs is 1. The quantitative estimate of drug-likeness (QED) is 0.155. The highest BCUT2D eigenvalue weighted by Crippen LogP contribution is 2.31. The minimum atomic E-state index is -0.758. The Labute approximate surface area is 199 Å². The van der Waals surface area contributed by atoms with Gasteiger partial charge in [0.2, 0.25) is 0 Å². The number of carbonyl (C=O) groups is 1. The molecule has 0 aliphatic rings. The Morgan fingerprint density at radius 1 is 1.03 bits per heavy atom. The Morgan fingerprint density at radius 3 is 2.46 bits per heavy atom. The molecule has 0 heterocycles. The number of nitrogens with one attached hydrogen (secondary N) is 1. The minimum Gasteiger partial charge on any atom is -0.488 e.